The molecule has 3 rings (SSSR count). The highest BCUT2D eigenvalue weighted by Crippen LogP contribution is 2.26. The van der Waals surface area contributed by atoms with Crippen LogP contribution in [0.15, 0.2) is 57.7 Å². The summed E-state index contributed by atoms with van der Waals surface area (Å²) in [6, 6.07) is 13.1. The van der Waals surface area contributed by atoms with Gasteiger partial charge in [-0.05, 0) is 37.1 Å². The van der Waals surface area contributed by atoms with Crippen LogP contribution in [0, 0.1) is 0 Å². The second-order valence-electron chi connectivity index (χ2n) is 5.47. The third-order valence-electron chi connectivity index (χ3n) is 3.82. The first kappa shape index (κ1) is 16.6. The molecule has 25 heavy (non-hydrogen) atoms. The highest BCUT2D eigenvalue weighted by Gasteiger charge is 2.14. The van der Waals surface area contributed by atoms with Gasteiger partial charge in [0, 0.05) is 0 Å². The molecular weight excluding hydrogens is 324 g/mol. The lowest BCUT2D eigenvalue weighted by Gasteiger charge is -2.09. The molecule has 1 aromatic heterocycles. The number of carboxylic acid groups (broad SMARTS) is 1. The molecule has 0 bridgehead atoms. The molecule has 0 unspecified atom stereocenters. The lowest BCUT2D eigenvalue weighted by molar-refractivity contribution is 0.0692. The second-order valence-corrected chi connectivity index (χ2v) is 5.47. The van der Waals surface area contributed by atoms with E-state index >= 15 is 0 Å². The molecule has 6 nitrogen and oxygen atoms in total. The van der Waals surface area contributed by atoms with Gasteiger partial charge < -0.3 is 19.4 Å². The van der Waals surface area contributed by atoms with Gasteiger partial charge in [-0.3, -0.25) is 0 Å². The number of benzene rings is 2. The minimum Gasteiger partial charge on any atom is -0.507 e. The van der Waals surface area contributed by atoms with E-state index in [1.807, 2.05) is 0 Å². The molecule has 0 atom stereocenters. The number of aromatic hydroxyl groups is 1. The van der Waals surface area contributed by atoms with Crippen LogP contribution in [0.25, 0.3) is 11.0 Å². The maximum absolute atomic E-state index is 12.0. The first-order valence-electron chi connectivity index (χ1n) is 7.76. The van der Waals surface area contributed by atoms with Crippen molar-refractivity contribution in [1.82, 2.24) is 0 Å². The molecular formula is C19H16O6. The van der Waals surface area contributed by atoms with E-state index in [1.165, 1.54) is 6.07 Å². The molecule has 1 heterocycles. The Kier molecular flexibility index (Phi) is 4.70. The van der Waals surface area contributed by atoms with E-state index in [0.29, 0.717) is 17.4 Å². The van der Waals surface area contributed by atoms with Crippen molar-refractivity contribution in [2.75, 3.05) is 6.61 Å². The Bertz CT molecular complexity index is 973. The van der Waals surface area contributed by atoms with Gasteiger partial charge in [-0.1, -0.05) is 24.3 Å². The topological polar surface area (TPSA) is 97.0 Å². The summed E-state index contributed by atoms with van der Waals surface area (Å²) in [6.45, 7) is 0.204. The molecule has 0 fully saturated rings. The van der Waals surface area contributed by atoms with E-state index in [0.717, 1.165) is 0 Å². The molecule has 0 saturated heterocycles. The summed E-state index contributed by atoms with van der Waals surface area (Å²) >= 11 is 0. The molecule has 128 valence electrons. The molecule has 3 aromatic rings. The van der Waals surface area contributed by atoms with Gasteiger partial charge in [-0.15, -0.1) is 0 Å². The maximum atomic E-state index is 12.0. The Labute approximate surface area is 142 Å². The third-order valence-corrected chi connectivity index (χ3v) is 3.82. The summed E-state index contributed by atoms with van der Waals surface area (Å²) in [7, 11) is 0. The maximum Gasteiger partial charge on any atom is 0.343 e. The zero-order chi connectivity index (χ0) is 17.8. The average molecular weight is 340 g/mol. The molecule has 0 aliphatic rings. The lowest BCUT2D eigenvalue weighted by Crippen LogP contribution is -2.10. The molecule has 2 aromatic carbocycles. The van der Waals surface area contributed by atoms with Crippen LogP contribution in [0.4, 0.5) is 0 Å². The van der Waals surface area contributed by atoms with E-state index in [1.54, 1.807) is 42.5 Å². The predicted octanol–water partition coefficient (Wildman–Crippen LogP) is 3.21. The van der Waals surface area contributed by atoms with Crippen molar-refractivity contribution in [3.63, 3.8) is 0 Å². The smallest absolute Gasteiger partial charge is 0.343 e. The molecule has 2 N–H and O–H groups in total. The largest absolute Gasteiger partial charge is 0.507 e. The summed E-state index contributed by atoms with van der Waals surface area (Å²) in [6.07, 6.45) is 0.679. The van der Waals surface area contributed by atoms with Crippen molar-refractivity contribution in [2.24, 2.45) is 0 Å². The van der Waals surface area contributed by atoms with Gasteiger partial charge >= 0.3 is 11.6 Å². The van der Waals surface area contributed by atoms with E-state index in [2.05, 4.69) is 0 Å². The number of ether oxygens (including phenoxy) is 1. The van der Waals surface area contributed by atoms with Crippen LogP contribution in [0.5, 0.6) is 11.5 Å². The predicted molar refractivity (Wildman–Crippen MR) is 91.4 cm³/mol. The number of hydrogen-bond acceptors (Lipinski definition) is 5. The van der Waals surface area contributed by atoms with Crippen molar-refractivity contribution in [3.05, 3.63) is 70.1 Å². The average Bonchev–Trinajstić information content (AvgIpc) is 2.61. The van der Waals surface area contributed by atoms with Crippen LogP contribution in [0.3, 0.4) is 0 Å². The van der Waals surface area contributed by atoms with E-state index in [-0.39, 0.29) is 35.7 Å². The van der Waals surface area contributed by atoms with Crippen molar-refractivity contribution < 1.29 is 24.2 Å². The minimum absolute atomic E-state index is 0.0792. The van der Waals surface area contributed by atoms with Crippen LogP contribution >= 0.6 is 0 Å². The summed E-state index contributed by atoms with van der Waals surface area (Å²) in [5.41, 5.74) is 0.0203. The zero-order valence-electron chi connectivity index (χ0n) is 13.3. The van der Waals surface area contributed by atoms with Gasteiger partial charge in [-0.25, -0.2) is 9.59 Å². The lowest BCUT2D eigenvalue weighted by atomic mass is 10.1. The molecule has 0 saturated carbocycles. The summed E-state index contributed by atoms with van der Waals surface area (Å²) in [5.74, 6) is -0.883. The van der Waals surface area contributed by atoms with Crippen LogP contribution in [-0.4, -0.2) is 22.8 Å². The minimum atomic E-state index is -1.07. The first-order valence-corrected chi connectivity index (χ1v) is 7.76. The number of hydrogen-bond donors (Lipinski definition) is 2. The third kappa shape index (κ3) is 3.47. The van der Waals surface area contributed by atoms with Crippen LogP contribution in [0.1, 0.15) is 22.3 Å². The van der Waals surface area contributed by atoms with Gasteiger partial charge in [0.05, 0.1) is 17.6 Å². The Balaban J connectivity index is 1.70. The number of carbonyl (C=O) groups is 1. The van der Waals surface area contributed by atoms with Gasteiger partial charge in [0.25, 0.3) is 0 Å². The van der Waals surface area contributed by atoms with Gasteiger partial charge in [-0.2, -0.15) is 0 Å². The fourth-order valence-electron chi connectivity index (χ4n) is 2.59. The SMILES string of the molecule is O=C(O)c1ccccc1OCCCc1c(O)c2ccccc2oc1=O. The quantitative estimate of drug-likeness (QED) is 0.528. The first-order chi connectivity index (χ1) is 12.1. The number of aromatic carboxylic acids is 1. The van der Waals surface area contributed by atoms with Crippen molar-refractivity contribution in [1.29, 1.82) is 0 Å². The second kappa shape index (κ2) is 7.09. The summed E-state index contributed by atoms with van der Waals surface area (Å²) in [5, 5.41) is 19.9. The zero-order valence-corrected chi connectivity index (χ0v) is 13.3. The summed E-state index contributed by atoms with van der Waals surface area (Å²) < 4.78 is 10.7. The highest BCUT2D eigenvalue weighted by molar-refractivity contribution is 5.90. The molecule has 0 aliphatic carbocycles. The number of carboxylic acids is 1. The molecule has 0 spiro atoms. The Morgan fingerprint density at radius 3 is 2.60 bits per heavy atom. The van der Waals surface area contributed by atoms with Crippen LogP contribution < -0.4 is 10.4 Å². The molecule has 6 heteroatoms. The molecule has 0 radical (unpaired) electrons. The Hall–Kier alpha value is -3.28. The standard InChI is InChI=1S/C19H16O6/c20-17-12-6-1-4-10-16(12)25-19(23)14(17)8-5-11-24-15-9-3-2-7-13(15)18(21)22/h1-4,6-7,9-10,20H,5,8,11H2,(H,21,22). The van der Waals surface area contributed by atoms with Gasteiger partial charge in [0.2, 0.25) is 0 Å². The number of rotatable bonds is 6. The summed E-state index contributed by atoms with van der Waals surface area (Å²) in [4.78, 5) is 23.1. The Morgan fingerprint density at radius 1 is 1.08 bits per heavy atom. The normalized spacial score (nSPS) is 10.7. The van der Waals surface area contributed by atoms with Crippen LogP contribution in [0.2, 0.25) is 0 Å². The van der Waals surface area contributed by atoms with Crippen LogP contribution in [-0.2, 0) is 6.42 Å². The molecule has 0 amide bonds. The Morgan fingerprint density at radius 2 is 1.80 bits per heavy atom. The molecule has 0 aliphatic heterocycles. The number of para-hydroxylation sites is 2. The van der Waals surface area contributed by atoms with Gasteiger partial charge in [0.1, 0.15) is 22.6 Å². The van der Waals surface area contributed by atoms with E-state index < -0.39 is 11.6 Å². The van der Waals surface area contributed by atoms with Gasteiger partial charge in [0.15, 0.2) is 0 Å². The van der Waals surface area contributed by atoms with E-state index in [4.69, 9.17) is 14.3 Å². The fraction of sp³-hybridized carbons (Fsp3) is 0.158. The fourth-order valence-corrected chi connectivity index (χ4v) is 2.59. The van der Waals surface area contributed by atoms with Crippen molar-refractivity contribution in [3.8, 4) is 11.5 Å². The monoisotopic (exact) mass is 340 g/mol. The van der Waals surface area contributed by atoms with Crippen molar-refractivity contribution in [2.45, 2.75) is 12.8 Å². The number of fused-ring (bicyclic) bond motifs is 1. The highest BCUT2D eigenvalue weighted by atomic mass is 16.5. The van der Waals surface area contributed by atoms with E-state index in [9.17, 15) is 14.7 Å². The van der Waals surface area contributed by atoms with Crippen molar-refractivity contribution >= 4 is 16.9 Å².